The fraction of sp³-hybridized carbons (Fsp3) is 0.214. The minimum atomic E-state index is -0.238. The second-order valence-electron chi connectivity index (χ2n) is 4.42. The third kappa shape index (κ3) is 3.42. The second kappa shape index (κ2) is 5.83. The van der Waals surface area contributed by atoms with Crippen LogP contribution in [0.4, 0.5) is 5.69 Å². The molecule has 104 valence electrons. The van der Waals surface area contributed by atoms with E-state index in [1.54, 1.807) is 32.4 Å². The average Bonchev–Trinajstić information content (AvgIpc) is 2.79. The van der Waals surface area contributed by atoms with E-state index in [4.69, 9.17) is 0 Å². The number of anilines is 1. The molecule has 2 aromatic rings. The molecule has 5 nitrogen and oxygen atoms in total. The zero-order chi connectivity index (χ0) is 14.7. The lowest BCUT2D eigenvalue weighted by Crippen LogP contribution is -2.18. The Morgan fingerprint density at radius 3 is 2.85 bits per heavy atom. The lowest BCUT2D eigenvalue weighted by Gasteiger charge is -2.07. The molecule has 0 fully saturated rings. The molecule has 1 amide bonds. The van der Waals surface area contributed by atoms with E-state index >= 15 is 0 Å². The van der Waals surface area contributed by atoms with Crippen molar-refractivity contribution in [3.63, 3.8) is 0 Å². The highest BCUT2D eigenvalue weighted by Crippen LogP contribution is 2.14. The predicted octanol–water partition coefficient (Wildman–Crippen LogP) is 2.11. The molecule has 0 aromatic carbocycles. The predicted molar refractivity (Wildman–Crippen MR) is 80.9 cm³/mol. The molecule has 20 heavy (non-hydrogen) atoms. The molecule has 0 unspecified atom stereocenters. The van der Waals surface area contributed by atoms with Crippen molar-refractivity contribution in [1.82, 2.24) is 9.55 Å². The molecule has 0 saturated carbocycles. The highest BCUT2D eigenvalue weighted by Gasteiger charge is 2.04. The van der Waals surface area contributed by atoms with E-state index in [1.807, 2.05) is 6.92 Å². The topological polar surface area (TPSA) is 64.0 Å². The molecule has 2 aromatic heterocycles. The Morgan fingerprint density at radius 2 is 2.20 bits per heavy atom. The van der Waals surface area contributed by atoms with Crippen LogP contribution in [0.25, 0.3) is 6.08 Å². The van der Waals surface area contributed by atoms with E-state index in [2.05, 4.69) is 10.3 Å². The standard InChI is InChI=1S/C14H15N3O2S/c1-9-6-14(19)17(3)8-12(9)16-13(18)5-4-11-7-15-10(2)20-11/h4-8H,1-3H3,(H,16,18)/b5-4+. The summed E-state index contributed by atoms with van der Waals surface area (Å²) in [6.07, 6.45) is 6.51. The first-order valence-corrected chi connectivity index (χ1v) is 6.86. The molecule has 0 spiro atoms. The Morgan fingerprint density at radius 1 is 1.45 bits per heavy atom. The van der Waals surface area contributed by atoms with Crippen LogP contribution in [0.5, 0.6) is 0 Å². The van der Waals surface area contributed by atoms with E-state index in [0.29, 0.717) is 5.69 Å². The number of carbonyl (C=O) groups is 1. The van der Waals surface area contributed by atoms with Gasteiger partial charge in [0, 0.05) is 36.5 Å². The molecule has 0 radical (unpaired) electrons. The van der Waals surface area contributed by atoms with Gasteiger partial charge in [-0.25, -0.2) is 4.98 Å². The summed E-state index contributed by atoms with van der Waals surface area (Å²) in [5, 5.41) is 3.71. The summed E-state index contributed by atoms with van der Waals surface area (Å²) < 4.78 is 1.43. The molecule has 2 rings (SSSR count). The Bertz CT molecular complexity index is 728. The summed E-state index contributed by atoms with van der Waals surface area (Å²) in [6.45, 7) is 3.70. The van der Waals surface area contributed by atoms with Crippen LogP contribution in [0.1, 0.15) is 15.4 Å². The summed E-state index contributed by atoms with van der Waals surface area (Å²) in [6, 6.07) is 1.49. The normalized spacial score (nSPS) is 10.9. The zero-order valence-corrected chi connectivity index (χ0v) is 12.3. The molecule has 0 atom stereocenters. The number of hydrogen-bond acceptors (Lipinski definition) is 4. The smallest absolute Gasteiger partial charge is 0.250 e. The number of carbonyl (C=O) groups excluding carboxylic acids is 1. The quantitative estimate of drug-likeness (QED) is 0.880. The van der Waals surface area contributed by atoms with Crippen LogP contribution >= 0.6 is 11.3 Å². The Labute approximate surface area is 120 Å². The molecular formula is C14H15N3O2S. The lowest BCUT2D eigenvalue weighted by atomic mass is 10.2. The van der Waals surface area contributed by atoms with Gasteiger partial charge in [0.2, 0.25) is 5.91 Å². The largest absolute Gasteiger partial charge is 0.321 e. The SMILES string of the molecule is Cc1ncc(/C=C/C(=O)Nc2cn(C)c(=O)cc2C)s1. The Hall–Kier alpha value is -2.21. The van der Waals surface area contributed by atoms with Crippen LogP contribution in [-0.4, -0.2) is 15.5 Å². The number of amides is 1. The van der Waals surface area contributed by atoms with Crippen molar-refractivity contribution < 1.29 is 4.79 Å². The van der Waals surface area contributed by atoms with Gasteiger partial charge >= 0.3 is 0 Å². The summed E-state index contributed by atoms with van der Waals surface area (Å²) in [5.74, 6) is -0.238. The van der Waals surface area contributed by atoms with Gasteiger partial charge in [0.05, 0.1) is 10.7 Å². The van der Waals surface area contributed by atoms with Gasteiger partial charge in [-0.2, -0.15) is 0 Å². The first-order valence-electron chi connectivity index (χ1n) is 6.04. The van der Waals surface area contributed by atoms with Crippen molar-refractivity contribution in [3.8, 4) is 0 Å². The highest BCUT2D eigenvalue weighted by molar-refractivity contribution is 7.12. The molecule has 6 heteroatoms. The van der Waals surface area contributed by atoms with Crippen LogP contribution < -0.4 is 10.9 Å². The lowest BCUT2D eigenvalue weighted by molar-refractivity contribution is -0.111. The zero-order valence-electron chi connectivity index (χ0n) is 11.5. The van der Waals surface area contributed by atoms with Crippen molar-refractivity contribution >= 4 is 29.0 Å². The molecule has 0 bridgehead atoms. The molecular weight excluding hydrogens is 274 g/mol. The van der Waals surface area contributed by atoms with Gasteiger partial charge in [0.1, 0.15) is 0 Å². The van der Waals surface area contributed by atoms with Crippen LogP contribution in [0.2, 0.25) is 0 Å². The van der Waals surface area contributed by atoms with E-state index in [1.165, 1.54) is 28.0 Å². The summed E-state index contributed by atoms with van der Waals surface area (Å²) in [5.41, 5.74) is 1.27. The minimum Gasteiger partial charge on any atom is -0.321 e. The Kier molecular flexibility index (Phi) is 4.14. The number of aryl methyl sites for hydroxylation is 3. The molecule has 2 heterocycles. The van der Waals surface area contributed by atoms with Gasteiger partial charge in [0.25, 0.3) is 5.56 Å². The van der Waals surface area contributed by atoms with E-state index < -0.39 is 0 Å². The number of nitrogens with one attached hydrogen (secondary N) is 1. The van der Waals surface area contributed by atoms with Crippen molar-refractivity contribution in [1.29, 1.82) is 0 Å². The summed E-state index contributed by atoms with van der Waals surface area (Å²) in [4.78, 5) is 28.3. The van der Waals surface area contributed by atoms with Crippen molar-refractivity contribution in [2.75, 3.05) is 5.32 Å². The van der Waals surface area contributed by atoms with Gasteiger partial charge < -0.3 is 9.88 Å². The third-order valence-electron chi connectivity index (χ3n) is 2.73. The second-order valence-corrected chi connectivity index (χ2v) is 5.69. The molecule has 0 saturated heterocycles. The highest BCUT2D eigenvalue weighted by atomic mass is 32.1. The van der Waals surface area contributed by atoms with Crippen molar-refractivity contribution in [3.05, 3.63) is 50.3 Å². The van der Waals surface area contributed by atoms with E-state index in [-0.39, 0.29) is 11.5 Å². The number of pyridine rings is 1. The fourth-order valence-corrected chi connectivity index (χ4v) is 2.33. The fourth-order valence-electron chi connectivity index (χ4n) is 1.64. The molecule has 0 aliphatic carbocycles. The first kappa shape index (κ1) is 14.2. The maximum atomic E-state index is 11.8. The molecule has 0 aliphatic rings. The number of rotatable bonds is 3. The van der Waals surface area contributed by atoms with Gasteiger partial charge in [-0.15, -0.1) is 11.3 Å². The molecule has 0 aliphatic heterocycles. The minimum absolute atomic E-state index is 0.101. The number of nitrogens with zero attached hydrogens (tertiary/aromatic N) is 2. The number of thiazole rings is 1. The van der Waals surface area contributed by atoms with E-state index in [9.17, 15) is 9.59 Å². The number of aromatic nitrogens is 2. The van der Waals surface area contributed by atoms with Crippen molar-refractivity contribution in [2.45, 2.75) is 13.8 Å². The monoisotopic (exact) mass is 289 g/mol. The average molecular weight is 289 g/mol. The van der Waals surface area contributed by atoms with Gasteiger partial charge in [-0.3, -0.25) is 9.59 Å². The van der Waals surface area contributed by atoms with Crippen LogP contribution in [0.3, 0.4) is 0 Å². The maximum Gasteiger partial charge on any atom is 0.250 e. The maximum absolute atomic E-state index is 11.8. The third-order valence-corrected chi connectivity index (χ3v) is 3.61. The first-order chi connectivity index (χ1) is 9.45. The van der Waals surface area contributed by atoms with Gasteiger partial charge in [0.15, 0.2) is 0 Å². The van der Waals surface area contributed by atoms with Crippen molar-refractivity contribution in [2.24, 2.45) is 7.05 Å². The van der Waals surface area contributed by atoms with Crippen LogP contribution in [0.15, 0.2) is 29.3 Å². The van der Waals surface area contributed by atoms with E-state index in [0.717, 1.165) is 15.4 Å². The Balaban J connectivity index is 2.10. The van der Waals surface area contributed by atoms with Crippen LogP contribution in [-0.2, 0) is 11.8 Å². The summed E-state index contributed by atoms with van der Waals surface area (Å²) in [7, 11) is 1.65. The van der Waals surface area contributed by atoms with Gasteiger partial charge in [-0.1, -0.05) is 0 Å². The molecule has 1 N–H and O–H groups in total. The van der Waals surface area contributed by atoms with Crippen LogP contribution in [0, 0.1) is 13.8 Å². The summed E-state index contributed by atoms with van der Waals surface area (Å²) >= 11 is 1.52. The number of hydrogen-bond donors (Lipinski definition) is 1. The van der Waals surface area contributed by atoms with Gasteiger partial charge in [-0.05, 0) is 25.5 Å².